The maximum absolute atomic E-state index is 11.9. The molecule has 0 saturated carbocycles. The summed E-state index contributed by atoms with van der Waals surface area (Å²) in [5.41, 5.74) is 1.49. The first-order chi connectivity index (χ1) is 11.7. The van der Waals surface area contributed by atoms with Crippen molar-refractivity contribution in [3.63, 3.8) is 0 Å². The molecule has 2 amide bonds. The molecule has 0 aliphatic heterocycles. The van der Waals surface area contributed by atoms with Crippen LogP contribution in [0.1, 0.15) is 12.5 Å². The number of carbonyl (C=O) groups is 2. The van der Waals surface area contributed by atoms with E-state index in [1.54, 1.807) is 48.8 Å². The Morgan fingerprint density at radius 1 is 1.21 bits per heavy atom. The number of rotatable bonds is 7. The Kier molecular flexibility index (Phi) is 6.52. The van der Waals surface area contributed by atoms with Crippen LogP contribution in [0.2, 0.25) is 0 Å². The summed E-state index contributed by atoms with van der Waals surface area (Å²) in [6.45, 7) is 2.38. The van der Waals surface area contributed by atoms with Crippen molar-refractivity contribution in [2.45, 2.75) is 6.92 Å². The van der Waals surface area contributed by atoms with Crippen LogP contribution in [-0.2, 0) is 9.59 Å². The number of anilines is 1. The van der Waals surface area contributed by atoms with Gasteiger partial charge in [-0.2, -0.15) is 0 Å². The van der Waals surface area contributed by atoms with E-state index >= 15 is 0 Å². The molecular formula is C18H19N3O3. The Bertz CT molecular complexity index is 697. The molecule has 6 heteroatoms. The summed E-state index contributed by atoms with van der Waals surface area (Å²) < 4.78 is 5.34. The summed E-state index contributed by atoms with van der Waals surface area (Å²) in [6, 6.07) is 10.5. The molecule has 2 aromatic rings. The number of nitrogens with one attached hydrogen (secondary N) is 2. The van der Waals surface area contributed by atoms with Crippen LogP contribution in [-0.4, -0.2) is 29.9 Å². The van der Waals surface area contributed by atoms with E-state index in [9.17, 15) is 9.59 Å². The molecule has 1 aromatic carbocycles. The van der Waals surface area contributed by atoms with Crippen LogP contribution in [0.3, 0.4) is 0 Å². The second-order valence-electron chi connectivity index (χ2n) is 4.88. The van der Waals surface area contributed by atoms with Crippen LogP contribution in [0.15, 0.2) is 54.9 Å². The number of pyridine rings is 1. The third-order valence-corrected chi connectivity index (χ3v) is 2.98. The van der Waals surface area contributed by atoms with E-state index in [0.717, 1.165) is 5.56 Å². The topological polar surface area (TPSA) is 80.3 Å². The monoisotopic (exact) mass is 325 g/mol. The highest BCUT2D eigenvalue weighted by atomic mass is 16.5. The molecule has 24 heavy (non-hydrogen) atoms. The van der Waals surface area contributed by atoms with E-state index in [1.807, 2.05) is 13.0 Å². The molecule has 1 aromatic heterocycles. The number of amides is 2. The predicted molar refractivity (Wildman–Crippen MR) is 92.5 cm³/mol. The van der Waals surface area contributed by atoms with Gasteiger partial charge in [0.15, 0.2) is 6.61 Å². The highest BCUT2D eigenvalue weighted by Gasteiger charge is 2.02. The molecule has 0 atom stereocenters. The fraction of sp³-hybridized carbons (Fsp3) is 0.167. The van der Waals surface area contributed by atoms with Gasteiger partial charge in [0.1, 0.15) is 5.75 Å². The van der Waals surface area contributed by atoms with E-state index < -0.39 is 0 Å². The van der Waals surface area contributed by atoms with Crippen molar-refractivity contribution >= 4 is 23.6 Å². The van der Waals surface area contributed by atoms with Gasteiger partial charge in [-0.1, -0.05) is 6.07 Å². The molecule has 2 rings (SSSR count). The molecule has 1 heterocycles. The SMILES string of the molecule is CCNC(=O)COc1ccc(NC(=O)/C=C/c2cccnc2)cc1. The van der Waals surface area contributed by atoms with Gasteiger partial charge in [0.2, 0.25) is 5.91 Å². The molecule has 2 N–H and O–H groups in total. The average molecular weight is 325 g/mol. The van der Waals surface area contributed by atoms with Crippen molar-refractivity contribution in [2.24, 2.45) is 0 Å². The number of benzene rings is 1. The van der Waals surface area contributed by atoms with Gasteiger partial charge >= 0.3 is 0 Å². The zero-order valence-corrected chi connectivity index (χ0v) is 13.4. The zero-order chi connectivity index (χ0) is 17.2. The van der Waals surface area contributed by atoms with Gasteiger partial charge in [-0.3, -0.25) is 14.6 Å². The highest BCUT2D eigenvalue weighted by Crippen LogP contribution is 2.15. The van der Waals surface area contributed by atoms with Crippen molar-refractivity contribution in [1.29, 1.82) is 0 Å². The van der Waals surface area contributed by atoms with E-state index in [4.69, 9.17) is 4.74 Å². The van der Waals surface area contributed by atoms with Gasteiger partial charge in [0, 0.05) is 30.7 Å². The van der Waals surface area contributed by atoms with Crippen molar-refractivity contribution in [1.82, 2.24) is 10.3 Å². The molecular weight excluding hydrogens is 306 g/mol. The number of aromatic nitrogens is 1. The van der Waals surface area contributed by atoms with E-state index in [2.05, 4.69) is 15.6 Å². The quantitative estimate of drug-likeness (QED) is 0.765. The van der Waals surface area contributed by atoms with Gasteiger partial charge in [-0.15, -0.1) is 0 Å². The first kappa shape index (κ1) is 17.2. The minimum Gasteiger partial charge on any atom is -0.484 e. The van der Waals surface area contributed by atoms with Crippen LogP contribution in [0.25, 0.3) is 6.08 Å². The first-order valence-electron chi connectivity index (χ1n) is 7.56. The smallest absolute Gasteiger partial charge is 0.257 e. The van der Waals surface area contributed by atoms with E-state index in [-0.39, 0.29) is 18.4 Å². The molecule has 124 valence electrons. The molecule has 0 bridgehead atoms. The fourth-order valence-corrected chi connectivity index (χ4v) is 1.86. The molecule has 6 nitrogen and oxygen atoms in total. The molecule has 0 fully saturated rings. The lowest BCUT2D eigenvalue weighted by Gasteiger charge is -2.07. The van der Waals surface area contributed by atoms with Crippen molar-refractivity contribution in [2.75, 3.05) is 18.5 Å². The van der Waals surface area contributed by atoms with Crippen LogP contribution in [0.5, 0.6) is 5.75 Å². The number of likely N-dealkylation sites (N-methyl/N-ethyl adjacent to an activating group) is 1. The number of ether oxygens (including phenoxy) is 1. The summed E-state index contributed by atoms with van der Waals surface area (Å²) in [4.78, 5) is 27.1. The third kappa shape index (κ3) is 5.92. The van der Waals surface area contributed by atoms with Crippen LogP contribution in [0.4, 0.5) is 5.69 Å². The molecule has 0 aliphatic rings. The van der Waals surface area contributed by atoms with Gasteiger partial charge < -0.3 is 15.4 Å². The number of nitrogens with zero attached hydrogens (tertiary/aromatic N) is 1. The van der Waals surface area contributed by atoms with Crippen molar-refractivity contribution in [3.8, 4) is 5.75 Å². The lowest BCUT2D eigenvalue weighted by Crippen LogP contribution is -2.28. The van der Waals surface area contributed by atoms with Gasteiger partial charge in [0.25, 0.3) is 5.91 Å². The first-order valence-corrected chi connectivity index (χ1v) is 7.56. The number of hydrogen-bond donors (Lipinski definition) is 2. The number of hydrogen-bond acceptors (Lipinski definition) is 4. The van der Waals surface area contributed by atoms with Crippen LogP contribution in [0, 0.1) is 0 Å². The summed E-state index contributed by atoms with van der Waals surface area (Å²) in [5.74, 6) is 0.149. The normalized spacial score (nSPS) is 10.4. The Morgan fingerprint density at radius 2 is 2.00 bits per heavy atom. The van der Waals surface area contributed by atoms with E-state index in [1.165, 1.54) is 6.08 Å². The highest BCUT2D eigenvalue weighted by molar-refractivity contribution is 6.01. The maximum atomic E-state index is 11.9. The van der Waals surface area contributed by atoms with Crippen LogP contribution < -0.4 is 15.4 Å². The minimum absolute atomic E-state index is 0.0343. The average Bonchev–Trinajstić information content (AvgIpc) is 2.60. The summed E-state index contributed by atoms with van der Waals surface area (Å²) in [5, 5.41) is 5.39. The summed E-state index contributed by atoms with van der Waals surface area (Å²) >= 11 is 0. The Balaban J connectivity index is 1.83. The standard InChI is InChI=1S/C18H19N3O3/c1-2-20-18(23)13-24-16-8-6-15(7-9-16)21-17(22)10-5-14-4-3-11-19-12-14/h3-12H,2,13H2,1H3,(H,20,23)(H,21,22)/b10-5+. The number of carbonyl (C=O) groups excluding carboxylic acids is 2. The lowest BCUT2D eigenvalue weighted by molar-refractivity contribution is -0.123. The zero-order valence-electron chi connectivity index (χ0n) is 13.4. The Hall–Kier alpha value is -3.15. The second kappa shape index (κ2) is 9.09. The maximum Gasteiger partial charge on any atom is 0.257 e. The van der Waals surface area contributed by atoms with Gasteiger partial charge in [-0.05, 0) is 48.9 Å². The molecule has 0 saturated heterocycles. The summed E-state index contributed by atoms with van der Waals surface area (Å²) in [6.07, 6.45) is 6.47. The second-order valence-corrected chi connectivity index (χ2v) is 4.88. The molecule has 0 aliphatic carbocycles. The molecule has 0 unspecified atom stereocenters. The molecule has 0 spiro atoms. The van der Waals surface area contributed by atoms with E-state index in [0.29, 0.717) is 18.0 Å². The Morgan fingerprint density at radius 3 is 2.67 bits per heavy atom. The fourth-order valence-electron chi connectivity index (χ4n) is 1.86. The third-order valence-electron chi connectivity index (χ3n) is 2.98. The van der Waals surface area contributed by atoms with Gasteiger partial charge in [0.05, 0.1) is 0 Å². The van der Waals surface area contributed by atoms with Gasteiger partial charge in [-0.25, -0.2) is 0 Å². The molecule has 0 radical (unpaired) electrons. The van der Waals surface area contributed by atoms with Crippen molar-refractivity contribution < 1.29 is 14.3 Å². The van der Waals surface area contributed by atoms with Crippen LogP contribution >= 0.6 is 0 Å². The van der Waals surface area contributed by atoms with Crippen molar-refractivity contribution in [3.05, 3.63) is 60.4 Å². The lowest BCUT2D eigenvalue weighted by atomic mass is 10.2. The largest absolute Gasteiger partial charge is 0.484 e. The summed E-state index contributed by atoms with van der Waals surface area (Å²) in [7, 11) is 0. The Labute approximate surface area is 140 Å². The minimum atomic E-state index is -0.241. The predicted octanol–water partition coefficient (Wildman–Crippen LogP) is 2.25.